The fourth-order valence-corrected chi connectivity index (χ4v) is 8.19. The quantitative estimate of drug-likeness (QED) is 0.0461. The van der Waals surface area contributed by atoms with Gasteiger partial charge in [-0.1, -0.05) is 133 Å². The summed E-state index contributed by atoms with van der Waals surface area (Å²) in [5.74, 6) is -9.13. The second-order valence-electron chi connectivity index (χ2n) is 17.9. The van der Waals surface area contributed by atoms with Gasteiger partial charge in [0.15, 0.2) is 0 Å². The zero-order chi connectivity index (χ0) is 50.2. The summed E-state index contributed by atoms with van der Waals surface area (Å²) in [4.78, 5) is 113. The molecule has 0 bridgehead atoms. The van der Waals surface area contributed by atoms with Crippen LogP contribution in [0.1, 0.15) is 96.8 Å². The number of aromatic amines is 1. The summed E-state index contributed by atoms with van der Waals surface area (Å²) in [5, 5.41) is 34.5. The topological polar surface area (TPSA) is 256 Å². The molecule has 0 aliphatic heterocycles. The number of carbonyl (C=O) groups excluding carboxylic acids is 6. The first kappa shape index (κ1) is 53.6. The van der Waals surface area contributed by atoms with E-state index in [1.807, 2.05) is 81.4 Å². The summed E-state index contributed by atoms with van der Waals surface area (Å²) in [6.07, 6.45) is 1.62. The number of aromatic nitrogens is 1. The Labute approximate surface area is 397 Å². The van der Waals surface area contributed by atoms with E-state index in [0.29, 0.717) is 29.5 Å². The lowest BCUT2D eigenvalue weighted by Gasteiger charge is -2.33. The van der Waals surface area contributed by atoms with E-state index in [0.717, 1.165) is 15.8 Å². The number of hydrogen-bond donors (Lipinski definition) is 8. The molecule has 1 heterocycles. The van der Waals surface area contributed by atoms with E-state index < -0.39 is 108 Å². The number of carbonyl (C=O) groups is 8. The first-order chi connectivity index (χ1) is 32.3. The minimum Gasteiger partial charge on any atom is -0.481 e. The Hall–Kier alpha value is -7.04. The number of carboxylic acid groups (broad SMARTS) is 2. The number of aliphatic carboxylic acids is 2. The highest BCUT2D eigenvalue weighted by Crippen LogP contribution is 2.29. The van der Waals surface area contributed by atoms with Crippen molar-refractivity contribution < 1.29 is 48.6 Å². The fourth-order valence-electron chi connectivity index (χ4n) is 8.19. The van der Waals surface area contributed by atoms with Crippen molar-refractivity contribution in [2.24, 2.45) is 17.8 Å². The predicted octanol–water partition coefficient (Wildman–Crippen LogP) is 4.51. The molecule has 8 N–H and O–H groups in total. The van der Waals surface area contributed by atoms with Crippen LogP contribution in [-0.4, -0.2) is 111 Å². The number of carboxylic acids is 2. The van der Waals surface area contributed by atoms with Gasteiger partial charge in [-0.25, -0.2) is 4.79 Å². The smallest absolute Gasteiger partial charge is 0.326 e. The minimum atomic E-state index is -1.72. The number of fused-ring (bicyclic) bond motifs is 1. The van der Waals surface area contributed by atoms with Gasteiger partial charge in [-0.15, -0.1) is 0 Å². The Morgan fingerprint density at radius 3 is 1.65 bits per heavy atom. The van der Waals surface area contributed by atoms with Crippen molar-refractivity contribution >= 4 is 58.3 Å². The second-order valence-corrected chi connectivity index (χ2v) is 17.9. The molecule has 68 heavy (non-hydrogen) atoms. The summed E-state index contributed by atoms with van der Waals surface area (Å²) in [6.45, 7) is 11.9. The lowest BCUT2D eigenvalue weighted by Crippen LogP contribution is -2.62. The van der Waals surface area contributed by atoms with Crippen LogP contribution in [-0.2, 0) is 44.8 Å². The lowest BCUT2D eigenvalue weighted by molar-refractivity contribution is -0.151. The molecule has 0 aliphatic carbocycles. The summed E-state index contributed by atoms with van der Waals surface area (Å²) in [7, 11) is 1.37. The van der Waals surface area contributed by atoms with E-state index in [4.69, 9.17) is 0 Å². The van der Waals surface area contributed by atoms with E-state index in [9.17, 15) is 48.6 Å². The summed E-state index contributed by atoms with van der Waals surface area (Å²) in [5.41, 5.74) is 2.92. The third-order valence-corrected chi connectivity index (χ3v) is 12.4. The van der Waals surface area contributed by atoms with Crippen LogP contribution in [0, 0.1) is 17.8 Å². The highest BCUT2D eigenvalue weighted by atomic mass is 16.4. The SMILES string of the molecule is CCC(C)C(NC(=O)C(CC(=O)O)NC(=O)C(CC(C)C)NC(=O)C(NC(C)=O)C(c1ccccc1)c1ccccc1)C(=O)NC(C(=O)N(C)C(Cc1c[nH]c2ccccc12)C(=O)O)C(C)CC. The molecular weight excluding hydrogens is 871 g/mol. The molecular formula is C51H67N7O10. The Kier molecular flexibility index (Phi) is 19.8. The van der Waals surface area contributed by atoms with Gasteiger partial charge < -0.3 is 46.7 Å². The molecule has 0 saturated carbocycles. The average molecular weight is 938 g/mol. The zero-order valence-electron chi connectivity index (χ0n) is 40.1. The van der Waals surface area contributed by atoms with E-state index in [-0.39, 0.29) is 18.8 Å². The molecule has 3 aromatic carbocycles. The van der Waals surface area contributed by atoms with Gasteiger partial charge in [0, 0.05) is 43.4 Å². The summed E-state index contributed by atoms with van der Waals surface area (Å²) < 4.78 is 0. The van der Waals surface area contributed by atoms with Crippen molar-refractivity contribution in [2.45, 2.75) is 123 Å². The Morgan fingerprint density at radius 1 is 0.618 bits per heavy atom. The third-order valence-electron chi connectivity index (χ3n) is 12.4. The molecule has 0 radical (unpaired) electrons. The molecule has 0 spiro atoms. The highest BCUT2D eigenvalue weighted by molar-refractivity contribution is 5.98. The van der Waals surface area contributed by atoms with Crippen molar-refractivity contribution in [3.8, 4) is 0 Å². The van der Waals surface area contributed by atoms with Gasteiger partial charge in [-0.3, -0.25) is 33.6 Å². The molecule has 17 heteroatoms. The normalized spacial score (nSPS) is 14.9. The number of nitrogens with zero attached hydrogens (tertiary/aromatic N) is 1. The van der Waals surface area contributed by atoms with Crippen LogP contribution < -0.4 is 26.6 Å². The van der Waals surface area contributed by atoms with Crippen LogP contribution in [0.3, 0.4) is 0 Å². The molecule has 0 aliphatic rings. The highest BCUT2D eigenvalue weighted by Gasteiger charge is 2.39. The van der Waals surface area contributed by atoms with Gasteiger partial charge in [0.1, 0.15) is 36.3 Å². The van der Waals surface area contributed by atoms with Crippen LogP contribution in [0.5, 0.6) is 0 Å². The fraction of sp³-hybridized carbons (Fsp3) is 0.451. The maximum atomic E-state index is 14.3. The molecule has 17 nitrogen and oxygen atoms in total. The number of benzene rings is 3. The van der Waals surface area contributed by atoms with Gasteiger partial charge in [0.05, 0.1) is 6.42 Å². The molecule has 6 amide bonds. The second kappa shape index (κ2) is 25.2. The molecule has 8 unspecified atom stereocenters. The Bertz CT molecular complexity index is 2330. The van der Waals surface area contributed by atoms with E-state index >= 15 is 0 Å². The first-order valence-electron chi connectivity index (χ1n) is 23.1. The molecule has 4 aromatic rings. The van der Waals surface area contributed by atoms with Crippen LogP contribution in [0.4, 0.5) is 0 Å². The monoisotopic (exact) mass is 937 g/mol. The number of hydrogen-bond acceptors (Lipinski definition) is 8. The first-order valence-corrected chi connectivity index (χ1v) is 23.1. The van der Waals surface area contributed by atoms with Crippen LogP contribution in [0.15, 0.2) is 91.1 Å². The standard InChI is InChI=1S/C51H67N7O10/c1-9-30(5)43(48(64)57-44(31(6)10-2)50(66)58(8)40(51(67)68)26-35-28-52-37-24-18-17-23-36(35)37)56-47(63)39(27-41(60)61)54-46(62)38(25-29(3)4)55-49(65)45(53-32(7)59)42(33-19-13-11-14-20-33)34-21-15-12-16-22-34/h11-24,28-31,38-40,42-45,52H,9-10,25-27H2,1-8H3,(H,53,59)(H,54,62)(H,55,65)(H,56,63)(H,57,64)(H,60,61)(H,67,68). The average Bonchev–Trinajstić information content (AvgIpc) is 3.72. The summed E-state index contributed by atoms with van der Waals surface area (Å²) in [6, 6.07) is 17.5. The largest absolute Gasteiger partial charge is 0.481 e. The van der Waals surface area contributed by atoms with Gasteiger partial charge in [-0.2, -0.15) is 0 Å². The maximum Gasteiger partial charge on any atom is 0.326 e. The number of rotatable bonds is 25. The van der Waals surface area contributed by atoms with Gasteiger partial charge in [-0.05, 0) is 46.9 Å². The molecule has 0 saturated heterocycles. The van der Waals surface area contributed by atoms with Crippen LogP contribution in [0.25, 0.3) is 10.9 Å². The lowest BCUT2D eigenvalue weighted by atomic mass is 9.84. The number of likely N-dealkylation sites (N-methyl/N-ethyl adjacent to an activating group) is 1. The van der Waals surface area contributed by atoms with E-state index in [1.165, 1.54) is 14.0 Å². The Morgan fingerprint density at radius 2 is 1.12 bits per heavy atom. The molecule has 366 valence electrons. The maximum absolute atomic E-state index is 14.3. The zero-order valence-corrected chi connectivity index (χ0v) is 40.1. The molecule has 8 atom stereocenters. The third kappa shape index (κ3) is 14.5. The molecule has 1 aromatic heterocycles. The van der Waals surface area contributed by atoms with Gasteiger partial charge in [0.2, 0.25) is 35.4 Å². The van der Waals surface area contributed by atoms with Crippen LogP contribution in [0.2, 0.25) is 0 Å². The minimum absolute atomic E-state index is 0.0233. The summed E-state index contributed by atoms with van der Waals surface area (Å²) >= 11 is 0. The number of H-pyrrole nitrogens is 1. The van der Waals surface area contributed by atoms with Crippen molar-refractivity contribution in [2.75, 3.05) is 7.05 Å². The number of para-hydroxylation sites is 1. The number of nitrogens with one attached hydrogen (secondary N) is 6. The van der Waals surface area contributed by atoms with Gasteiger partial charge >= 0.3 is 11.9 Å². The predicted molar refractivity (Wildman–Crippen MR) is 257 cm³/mol. The number of amides is 6. The van der Waals surface area contributed by atoms with E-state index in [1.54, 1.807) is 51.2 Å². The Balaban J connectivity index is 1.58. The van der Waals surface area contributed by atoms with Crippen molar-refractivity contribution in [1.29, 1.82) is 0 Å². The van der Waals surface area contributed by atoms with Crippen molar-refractivity contribution in [3.63, 3.8) is 0 Å². The van der Waals surface area contributed by atoms with Crippen molar-refractivity contribution in [3.05, 3.63) is 108 Å². The van der Waals surface area contributed by atoms with Gasteiger partial charge in [0.25, 0.3) is 0 Å². The molecule has 4 rings (SSSR count). The van der Waals surface area contributed by atoms with E-state index in [2.05, 4.69) is 31.6 Å². The van der Waals surface area contributed by atoms with Crippen molar-refractivity contribution in [1.82, 2.24) is 36.5 Å². The molecule has 0 fully saturated rings. The van der Waals surface area contributed by atoms with Crippen LogP contribution >= 0.6 is 0 Å².